The summed E-state index contributed by atoms with van der Waals surface area (Å²) >= 11 is 0. The molecule has 0 radical (unpaired) electrons. The average molecular weight is 272 g/mol. The van der Waals surface area contributed by atoms with Crippen LogP contribution in [0, 0.1) is 0 Å². The third-order valence-corrected chi connectivity index (χ3v) is 3.65. The number of carbonyl (C=O) groups excluding carboxylic acids is 1. The lowest BCUT2D eigenvalue weighted by Crippen LogP contribution is -2.00. The highest BCUT2D eigenvalue weighted by molar-refractivity contribution is 6.13. The van der Waals surface area contributed by atoms with E-state index in [-0.39, 0.29) is 5.78 Å². The third kappa shape index (κ3) is 1.91. The summed E-state index contributed by atoms with van der Waals surface area (Å²) in [5.41, 5.74) is 3.12. The van der Waals surface area contributed by atoms with Crippen LogP contribution >= 0.6 is 0 Å². The van der Waals surface area contributed by atoms with Crippen LogP contribution in [0.2, 0.25) is 0 Å². The van der Waals surface area contributed by atoms with Gasteiger partial charge in [-0.05, 0) is 18.2 Å². The molecule has 0 amide bonds. The molecule has 0 atom stereocenters. The van der Waals surface area contributed by atoms with Crippen LogP contribution in [0.5, 0.6) is 0 Å². The molecule has 2 aromatic heterocycles. The lowest BCUT2D eigenvalue weighted by Gasteiger charge is -1.96. The van der Waals surface area contributed by atoms with Gasteiger partial charge in [0.1, 0.15) is 0 Å². The van der Waals surface area contributed by atoms with Crippen molar-refractivity contribution in [2.24, 2.45) is 0 Å². The van der Waals surface area contributed by atoms with Crippen LogP contribution in [0.25, 0.3) is 21.8 Å². The van der Waals surface area contributed by atoms with Gasteiger partial charge in [-0.25, -0.2) is 0 Å². The predicted molar refractivity (Wildman–Crippen MR) is 83.5 cm³/mol. The average Bonchev–Trinajstić information content (AvgIpc) is 2.99. The molecule has 3 heteroatoms. The monoisotopic (exact) mass is 272 g/mol. The highest BCUT2D eigenvalue weighted by Crippen LogP contribution is 2.25. The van der Waals surface area contributed by atoms with E-state index < -0.39 is 0 Å². The molecule has 0 bridgehead atoms. The Hall–Kier alpha value is -2.94. The van der Waals surface area contributed by atoms with Crippen molar-refractivity contribution in [3.05, 3.63) is 78.1 Å². The van der Waals surface area contributed by atoms with Crippen molar-refractivity contribution in [2.75, 3.05) is 0 Å². The molecule has 1 N–H and O–H groups in total. The number of carbonyl (C=O) groups is 1. The summed E-state index contributed by atoms with van der Waals surface area (Å²) in [5, 5.41) is 2.05. The summed E-state index contributed by atoms with van der Waals surface area (Å²) in [4.78, 5) is 20.1. The lowest BCUT2D eigenvalue weighted by molar-refractivity contribution is 0.103. The van der Waals surface area contributed by atoms with Crippen LogP contribution in [0.3, 0.4) is 0 Å². The zero-order valence-electron chi connectivity index (χ0n) is 11.2. The highest BCUT2D eigenvalue weighted by atomic mass is 16.1. The first-order chi connectivity index (χ1) is 10.3. The minimum Gasteiger partial charge on any atom is -0.352 e. The molecule has 0 aliphatic carbocycles. The minimum absolute atomic E-state index is 0.00381. The van der Waals surface area contributed by atoms with E-state index in [1.807, 2.05) is 60.7 Å². The van der Waals surface area contributed by atoms with Gasteiger partial charge < -0.3 is 4.98 Å². The molecule has 4 rings (SSSR count). The summed E-state index contributed by atoms with van der Waals surface area (Å²) in [6, 6.07) is 19.1. The second-order valence-electron chi connectivity index (χ2n) is 4.98. The van der Waals surface area contributed by atoms with Crippen molar-refractivity contribution < 1.29 is 4.79 Å². The van der Waals surface area contributed by atoms with Gasteiger partial charge >= 0.3 is 0 Å². The fourth-order valence-corrected chi connectivity index (χ4v) is 2.62. The first-order valence-electron chi connectivity index (χ1n) is 6.79. The van der Waals surface area contributed by atoms with E-state index in [4.69, 9.17) is 0 Å². The summed E-state index contributed by atoms with van der Waals surface area (Å²) in [6.45, 7) is 0. The predicted octanol–water partition coefficient (Wildman–Crippen LogP) is 3.95. The maximum atomic E-state index is 12.5. The Labute approximate surface area is 121 Å². The molecule has 100 valence electrons. The summed E-state index contributed by atoms with van der Waals surface area (Å²) in [7, 11) is 0. The molecule has 0 aliphatic heterocycles. The number of nitrogens with one attached hydrogen (secondary N) is 1. The molecule has 4 aromatic rings. The Morgan fingerprint density at radius 1 is 0.952 bits per heavy atom. The van der Waals surface area contributed by atoms with Gasteiger partial charge in [0.05, 0.1) is 11.2 Å². The smallest absolute Gasteiger partial charge is 0.209 e. The lowest BCUT2D eigenvalue weighted by atomic mass is 10.1. The standard InChI is InChI=1S/C18H12N2O/c21-18(13-5-2-1-3-6-13)16-11-14-15(20-16)9-8-12-7-4-10-19-17(12)14/h1-11,20H. The van der Waals surface area contributed by atoms with Gasteiger partial charge in [0.2, 0.25) is 5.78 Å². The normalized spacial score (nSPS) is 11.0. The fourth-order valence-electron chi connectivity index (χ4n) is 2.62. The minimum atomic E-state index is -0.00381. The van der Waals surface area contributed by atoms with Gasteiger partial charge in [-0.2, -0.15) is 0 Å². The molecule has 0 saturated heterocycles. The van der Waals surface area contributed by atoms with Crippen LogP contribution in [-0.4, -0.2) is 15.8 Å². The molecule has 0 spiro atoms. The van der Waals surface area contributed by atoms with Crippen molar-refractivity contribution in [3.63, 3.8) is 0 Å². The van der Waals surface area contributed by atoms with Crippen molar-refractivity contribution in [2.45, 2.75) is 0 Å². The van der Waals surface area contributed by atoms with Crippen molar-refractivity contribution in [1.29, 1.82) is 0 Å². The van der Waals surface area contributed by atoms with Crippen LogP contribution in [-0.2, 0) is 0 Å². The van der Waals surface area contributed by atoms with Crippen molar-refractivity contribution >= 4 is 27.6 Å². The van der Waals surface area contributed by atoms with Crippen LogP contribution in [0.1, 0.15) is 16.1 Å². The molecule has 0 fully saturated rings. The number of nitrogens with zero attached hydrogens (tertiary/aromatic N) is 1. The van der Waals surface area contributed by atoms with Gasteiger partial charge in [-0.3, -0.25) is 9.78 Å². The first kappa shape index (κ1) is 11.9. The maximum absolute atomic E-state index is 12.5. The summed E-state index contributed by atoms with van der Waals surface area (Å²) in [5.74, 6) is -0.00381. The second-order valence-corrected chi connectivity index (χ2v) is 4.98. The van der Waals surface area contributed by atoms with Crippen molar-refractivity contribution in [1.82, 2.24) is 9.97 Å². The Balaban J connectivity index is 1.91. The molecular formula is C18H12N2O. The number of rotatable bonds is 2. The van der Waals surface area contributed by atoms with Gasteiger partial charge in [-0.15, -0.1) is 0 Å². The van der Waals surface area contributed by atoms with Crippen LogP contribution < -0.4 is 0 Å². The van der Waals surface area contributed by atoms with E-state index in [9.17, 15) is 4.79 Å². The number of aromatic amines is 1. The zero-order valence-corrected chi connectivity index (χ0v) is 11.2. The number of aromatic nitrogens is 2. The quantitative estimate of drug-likeness (QED) is 0.562. The van der Waals surface area contributed by atoms with Crippen molar-refractivity contribution in [3.8, 4) is 0 Å². The first-order valence-corrected chi connectivity index (χ1v) is 6.79. The molecular weight excluding hydrogens is 260 g/mol. The van der Waals surface area contributed by atoms with E-state index in [1.165, 1.54) is 0 Å². The number of ketones is 1. The molecule has 2 heterocycles. The fraction of sp³-hybridized carbons (Fsp3) is 0. The highest BCUT2D eigenvalue weighted by Gasteiger charge is 2.13. The summed E-state index contributed by atoms with van der Waals surface area (Å²) < 4.78 is 0. The Kier molecular flexibility index (Phi) is 2.57. The Bertz CT molecular complexity index is 955. The number of H-pyrrole nitrogens is 1. The van der Waals surface area contributed by atoms with Crippen LogP contribution in [0.4, 0.5) is 0 Å². The number of fused-ring (bicyclic) bond motifs is 3. The largest absolute Gasteiger partial charge is 0.352 e. The molecule has 0 saturated carbocycles. The number of pyridine rings is 1. The molecule has 2 aromatic carbocycles. The number of benzene rings is 2. The van der Waals surface area contributed by atoms with Gasteiger partial charge in [0.15, 0.2) is 0 Å². The van der Waals surface area contributed by atoms with E-state index >= 15 is 0 Å². The molecule has 0 aliphatic rings. The number of hydrogen-bond acceptors (Lipinski definition) is 2. The zero-order chi connectivity index (χ0) is 14.2. The van der Waals surface area contributed by atoms with Gasteiger partial charge in [-0.1, -0.05) is 42.5 Å². The van der Waals surface area contributed by atoms with E-state index in [1.54, 1.807) is 6.20 Å². The number of hydrogen-bond donors (Lipinski definition) is 1. The topological polar surface area (TPSA) is 45.8 Å². The van der Waals surface area contributed by atoms with Gasteiger partial charge in [0, 0.05) is 28.0 Å². The third-order valence-electron chi connectivity index (χ3n) is 3.65. The van der Waals surface area contributed by atoms with Gasteiger partial charge in [0.25, 0.3) is 0 Å². The Morgan fingerprint density at radius 2 is 1.81 bits per heavy atom. The Morgan fingerprint density at radius 3 is 2.67 bits per heavy atom. The van der Waals surface area contributed by atoms with E-state index in [0.717, 1.165) is 21.8 Å². The second kappa shape index (κ2) is 4.56. The maximum Gasteiger partial charge on any atom is 0.209 e. The molecule has 0 unspecified atom stereocenters. The molecule has 21 heavy (non-hydrogen) atoms. The summed E-state index contributed by atoms with van der Waals surface area (Å²) in [6.07, 6.45) is 1.77. The van der Waals surface area contributed by atoms with E-state index in [2.05, 4.69) is 9.97 Å². The van der Waals surface area contributed by atoms with Crippen LogP contribution in [0.15, 0.2) is 66.9 Å². The van der Waals surface area contributed by atoms with E-state index in [0.29, 0.717) is 11.3 Å². The SMILES string of the molecule is O=C(c1ccccc1)c1cc2c(ccc3cccnc32)[nH]1. The molecule has 3 nitrogen and oxygen atoms in total.